The summed E-state index contributed by atoms with van der Waals surface area (Å²) >= 11 is 0. The third-order valence-corrected chi connectivity index (χ3v) is 7.35. The second kappa shape index (κ2) is 5.45. The molecular weight excluding hydrogens is 324 g/mol. The minimum absolute atomic E-state index is 0.0560. The van der Waals surface area contributed by atoms with Crippen LogP contribution in [0.1, 0.15) is 49.7 Å². The van der Waals surface area contributed by atoms with Gasteiger partial charge in [-0.15, -0.1) is 0 Å². The van der Waals surface area contributed by atoms with Gasteiger partial charge in [0, 0.05) is 16.6 Å². The van der Waals surface area contributed by atoms with Crippen LogP contribution in [-0.2, 0) is 4.79 Å². The van der Waals surface area contributed by atoms with Crippen molar-refractivity contribution >= 4 is 22.5 Å². The number of carbonyl (C=O) groups excluding carboxylic acids is 1. The number of carbonyl (C=O) groups is 1. The summed E-state index contributed by atoms with van der Waals surface area (Å²) in [5.74, 6) is 2.46. The Morgan fingerprint density at radius 3 is 2.27 bits per heavy atom. The number of hydrogen-bond acceptors (Lipinski definition) is 2. The standard InChI is InChI=1S/C22H26N2O2/c1-12-13(2)20(25)24-19-8-17(3-4-18(12)19)23-21(26)22-9-14-5-15(10-22)7-16(6-14)11-22/h3-4,8,14-16H,5-7,9-11H2,1-2H3,(H,23,26)(H,24,25). The Labute approximate surface area is 153 Å². The SMILES string of the molecule is Cc1c(C)c2ccc(NC(=O)C34CC5CC(CC(C5)C3)C4)cc2[nH]c1=O. The average molecular weight is 350 g/mol. The van der Waals surface area contributed by atoms with Gasteiger partial charge in [-0.2, -0.15) is 0 Å². The van der Waals surface area contributed by atoms with Gasteiger partial charge in [0.05, 0.1) is 10.9 Å². The Hall–Kier alpha value is -2.10. The third-order valence-electron chi connectivity index (χ3n) is 7.35. The Balaban J connectivity index is 1.45. The number of aromatic amines is 1. The van der Waals surface area contributed by atoms with Crippen LogP contribution in [-0.4, -0.2) is 10.9 Å². The van der Waals surface area contributed by atoms with Crippen molar-refractivity contribution in [2.75, 3.05) is 5.32 Å². The molecule has 1 aromatic carbocycles. The van der Waals surface area contributed by atoms with Crippen molar-refractivity contribution in [1.82, 2.24) is 4.98 Å². The van der Waals surface area contributed by atoms with Crippen molar-refractivity contribution < 1.29 is 4.79 Å². The highest BCUT2D eigenvalue weighted by atomic mass is 16.2. The van der Waals surface area contributed by atoms with Gasteiger partial charge in [0.2, 0.25) is 5.91 Å². The zero-order valence-corrected chi connectivity index (χ0v) is 15.5. The molecule has 1 amide bonds. The molecule has 26 heavy (non-hydrogen) atoms. The number of H-pyrrole nitrogens is 1. The number of rotatable bonds is 2. The normalized spacial score (nSPS) is 32.2. The molecule has 0 atom stereocenters. The number of nitrogens with one attached hydrogen (secondary N) is 2. The summed E-state index contributed by atoms with van der Waals surface area (Å²) < 4.78 is 0. The van der Waals surface area contributed by atoms with E-state index in [9.17, 15) is 9.59 Å². The van der Waals surface area contributed by atoms with E-state index >= 15 is 0 Å². The number of benzene rings is 1. The van der Waals surface area contributed by atoms with Crippen LogP contribution in [0.15, 0.2) is 23.0 Å². The molecule has 4 aliphatic carbocycles. The molecule has 0 aliphatic heterocycles. The minimum atomic E-state index is -0.152. The molecule has 0 unspecified atom stereocenters. The number of fused-ring (bicyclic) bond motifs is 1. The third kappa shape index (κ3) is 2.34. The van der Waals surface area contributed by atoms with Gasteiger partial charge in [0.1, 0.15) is 0 Å². The number of aromatic nitrogens is 1. The summed E-state index contributed by atoms with van der Waals surface area (Å²) in [5, 5.41) is 4.22. The second-order valence-corrected chi connectivity index (χ2v) is 9.12. The molecule has 4 heteroatoms. The highest BCUT2D eigenvalue weighted by molar-refractivity contribution is 5.97. The van der Waals surface area contributed by atoms with Crippen molar-refractivity contribution in [1.29, 1.82) is 0 Å². The van der Waals surface area contributed by atoms with E-state index in [0.717, 1.165) is 64.7 Å². The maximum atomic E-state index is 13.2. The number of amides is 1. The van der Waals surface area contributed by atoms with Gasteiger partial charge < -0.3 is 10.3 Å². The molecule has 0 spiro atoms. The van der Waals surface area contributed by atoms with Crippen LogP contribution in [0.4, 0.5) is 5.69 Å². The van der Waals surface area contributed by atoms with Gasteiger partial charge in [0.25, 0.3) is 5.56 Å². The van der Waals surface area contributed by atoms with E-state index in [1.165, 1.54) is 19.3 Å². The summed E-state index contributed by atoms with van der Waals surface area (Å²) in [6.07, 6.45) is 7.20. The van der Waals surface area contributed by atoms with Crippen molar-refractivity contribution in [2.45, 2.75) is 52.4 Å². The van der Waals surface area contributed by atoms with Gasteiger partial charge in [-0.25, -0.2) is 0 Å². The first-order chi connectivity index (χ1) is 12.4. The van der Waals surface area contributed by atoms with Crippen LogP contribution in [0.5, 0.6) is 0 Å². The van der Waals surface area contributed by atoms with E-state index in [2.05, 4.69) is 10.3 Å². The van der Waals surface area contributed by atoms with Crippen LogP contribution in [0.25, 0.3) is 10.9 Å². The Morgan fingerprint density at radius 2 is 1.65 bits per heavy atom. The van der Waals surface area contributed by atoms with E-state index in [1.807, 2.05) is 32.0 Å². The summed E-state index contributed by atoms with van der Waals surface area (Å²) in [5.41, 5.74) is 3.13. The molecular formula is C22H26N2O2. The average Bonchev–Trinajstić information content (AvgIpc) is 2.58. The molecule has 4 nitrogen and oxygen atoms in total. The first-order valence-electron chi connectivity index (χ1n) is 9.88. The lowest BCUT2D eigenvalue weighted by molar-refractivity contribution is -0.140. The molecule has 1 aromatic heterocycles. The molecule has 4 aliphatic rings. The summed E-state index contributed by atoms with van der Waals surface area (Å²) in [4.78, 5) is 28.2. The molecule has 136 valence electrons. The van der Waals surface area contributed by atoms with Crippen LogP contribution >= 0.6 is 0 Å². The molecule has 0 radical (unpaired) electrons. The Morgan fingerprint density at radius 1 is 1.04 bits per heavy atom. The first-order valence-corrected chi connectivity index (χ1v) is 9.88. The molecule has 4 fully saturated rings. The van der Waals surface area contributed by atoms with Crippen LogP contribution in [0, 0.1) is 37.0 Å². The van der Waals surface area contributed by atoms with E-state index in [0.29, 0.717) is 0 Å². The fourth-order valence-electron chi connectivity index (χ4n) is 6.29. The Bertz CT molecular complexity index is 937. The molecule has 0 saturated heterocycles. The number of anilines is 1. The summed E-state index contributed by atoms with van der Waals surface area (Å²) in [6, 6.07) is 5.87. The van der Waals surface area contributed by atoms with Crippen molar-refractivity contribution in [3.63, 3.8) is 0 Å². The van der Waals surface area contributed by atoms with Crippen molar-refractivity contribution in [2.24, 2.45) is 23.2 Å². The van der Waals surface area contributed by atoms with Gasteiger partial charge in [-0.3, -0.25) is 9.59 Å². The smallest absolute Gasteiger partial charge is 0.251 e. The van der Waals surface area contributed by atoms with Gasteiger partial charge in [-0.1, -0.05) is 6.07 Å². The van der Waals surface area contributed by atoms with Crippen LogP contribution < -0.4 is 10.9 Å². The Kier molecular flexibility index (Phi) is 3.37. The largest absolute Gasteiger partial charge is 0.326 e. The highest BCUT2D eigenvalue weighted by Gasteiger charge is 2.54. The minimum Gasteiger partial charge on any atom is -0.326 e. The van der Waals surface area contributed by atoms with E-state index in [4.69, 9.17) is 0 Å². The quantitative estimate of drug-likeness (QED) is 0.848. The summed E-state index contributed by atoms with van der Waals surface area (Å²) in [7, 11) is 0. The summed E-state index contributed by atoms with van der Waals surface area (Å²) in [6.45, 7) is 3.82. The molecule has 1 heterocycles. The zero-order chi connectivity index (χ0) is 18.1. The van der Waals surface area contributed by atoms with Gasteiger partial charge >= 0.3 is 0 Å². The highest BCUT2D eigenvalue weighted by Crippen LogP contribution is 2.60. The lowest BCUT2D eigenvalue weighted by Gasteiger charge is -2.55. The van der Waals surface area contributed by atoms with E-state index < -0.39 is 0 Å². The predicted molar refractivity (Wildman–Crippen MR) is 103 cm³/mol. The van der Waals surface area contributed by atoms with Crippen LogP contribution in [0.3, 0.4) is 0 Å². The molecule has 4 saturated carbocycles. The predicted octanol–water partition coefficient (Wildman–Crippen LogP) is 4.30. The fraction of sp³-hybridized carbons (Fsp3) is 0.545. The number of aryl methyl sites for hydroxylation is 1. The topological polar surface area (TPSA) is 62.0 Å². The van der Waals surface area contributed by atoms with Gasteiger partial charge in [-0.05, 0) is 87.8 Å². The number of pyridine rings is 1. The molecule has 6 rings (SSSR count). The van der Waals surface area contributed by atoms with Gasteiger partial charge in [0.15, 0.2) is 0 Å². The number of hydrogen-bond donors (Lipinski definition) is 2. The van der Waals surface area contributed by atoms with Crippen molar-refractivity contribution in [3.05, 3.63) is 39.7 Å². The van der Waals surface area contributed by atoms with Crippen molar-refractivity contribution in [3.8, 4) is 0 Å². The van der Waals surface area contributed by atoms with E-state index in [1.54, 1.807) is 0 Å². The molecule has 2 aromatic rings. The molecule has 2 N–H and O–H groups in total. The lowest BCUT2D eigenvalue weighted by atomic mass is 9.49. The molecule has 4 bridgehead atoms. The van der Waals surface area contributed by atoms with Crippen LogP contribution in [0.2, 0.25) is 0 Å². The zero-order valence-electron chi connectivity index (χ0n) is 15.5. The maximum absolute atomic E-state index is 13.2. The fourth-order valence-corrected chi connectivity index (χ4v) is 6.29. The van der Waals surface area contributed by atoms with E-state index in [-0.39, 0.29) is 16.9 Å². The monoisotopic (exact) mass is 350 g/mol. The lowest BCUT2D eigenvalue weighted by Crippen LogP contribution is -2.51. The second-order valence-electron chi connectivity index (χ2n) is 9.12. The maximum Gasteiger partial charge on any atom is 0.251 e. The first kappa shape index (κ1) is 16.1.